The maximum absolute atomic E-state index is 5.73. The van der Waals surface area contributed by atoms with E-state index in [4.69, 9.17) is 4.74 Å². The van der Waals surface area contributed by atoms with Gasteiger partial charge in [0.1, 0.15) is 17.3 Å². The number of ether oxygens (including phenoxy) is 1. The molecule has 1 saturated heterocycles. The highest BCUT2D eigenvalue weighted by molar-refractivity contribution is 7.96. The van der Waals surface area contributed by atoms with E-state index in [9.17, 15) is 0 Å². The summed E-state index contributed by atoms with van der Waals surface area (Å²) in [7, 11) is 0.737. The molecule has 0 radical (unpaired) electrons. The molecule has 0 saturated carbocycles. The average Bonchev–Trinajstić information content (AvgIpc) is 3.37. The summed E-state index contributed by atoms with van der Waals surface area (Å²) in [4.78, 5) is 0. The molecule has 1 atom stereocenters. The first-order valence-electron chi connectivity index (χ1n) is 16.1. The second kappa shape index (κ2) is 26.4. The van der Waals surface area contributed by atoms with E-state index in [0.29, 0.717) is 6.10 Å². The van der Waals surface area contributed by atoms with E-state index in [1.54, 1.807) is 17.3 Å². The lowest BCUT2D eigenvalue weighted by Crippen LogP contribution is -2.17. The van der Waals surface area contributed by atoms with E-state index in [1.165, 1.54) is 161 Å². The molecule has 0 bridgehead atoms. The largest absolute Gasteiger partial charge is 0.378 e. The van der Waals surface area contributed by atoms with Gasteiger partial charge in [-0.1, -0.05) is 117 Å². The van der Waals surface area contributed by atoms with Crippen molar-refractivity contribution in [3.8, 4) is 0 Å². The van der Waals surface area contributed by atoms with Crippen molar-refractivity contribution in [1.82, 2.24) is 0 Å². The zero-order valence-corrected chi connectivity index (χ0v) is 24.7. The molecule has 34 heavy (non-hydrogen) atoms. The van der Waals surface area contributed by atoms with Crippen molar-refractivity contribution in [2.75, 3.05) is 23.9 Å². The summed E-state index contributed by atoms with van der Waals surface area (Å²) in [6, 6.07) is 0. The third-order valence-electron chi connectivity index (χ3n) is 7.81. The van der Waals surface area contributed by atoms with Gasteiger partial charge >= 0.3 is 0 Å². The van der Waals surface area contributed by atoms with Crippen molar-refractivity contribution in [1.29, 1.82) is 0 Å². The fraction of sp³-hybridized carbons (Fsp3) is 1.00. The number of hydrogen-bond donors (Lipinski definition) is 0. The lowest BCUT2D eigenvalue weighted by molar-refractivity contribution is 0.102. The van der Waals surface area contributed by atoms with Crippen LogP contribution in [0.1, 0.15) is 174 Å². The van der Waals surface area contributed by atoms with Gasteiger partial charge in [-0.3, -0.25) is 0 Å². The first-order chi connectivity index (χ1) is 16.9. The SMILES string of the molecule is CCCCCCCC[S+](CCCCCCCC)CCCCCCCCCCCCC1CCCO1. The Bertz CT molecular complexity index is 363. The molecule has 0 N–H and O–H groups in total. The molecule has 1 aliphatic heterocycles. The van der Waals surface area contributed by atoms with Crippen LogP contribution in [-0.2, 0) is 15.6 Å². The van der Waals surface area contributed by atoms with Crippen LogP contribution in [0.15, 0.2) is 0 Å². The van der Waals surface area contributed by atoms with Gasteiger partial charge < -0.3 is 4.74 Å². The Morgan fingerprint density at radius 3 is 1.26 bits per heavy atom. The van der Waals surface area contributed by atoms with Crippen LogP contribution in [-0.4, -0.2) is 30.0 Å². The van der Waals surface area contributed by atoms with E-state index in [-0.39, 0.29) is 0 Å². The summed E-state index contributed by atoms with van der Waals surface area (Å²) < 4.78 is 5.73. The molecule has 0 aromatic carbocycles. The lowest BCUT2D eigenvalue weighted by Gasteiger charge is -2.10. The molecule has 1 aliphatic rings. The summed E-state index contributed by atoms with van der Waals surface area (Å²) >= 11 is 0. The molecule has 2 heteroatoms. The normalized spacial score (nSPS) is 16.1. The molecule has 204 valence electrons. The fourth-order valence-electron chi connectivity index (χ4n) is 5.44. The summed E-state index contributed by atoms with van der Waals surface area (Å²) in [6.07, 6.45) is 36.8. The molecule has 1 rings (SSSR count). The Balaban J connectivity index is 1.95. The lowest BCUT2D eigenvalue weighted by atomic mass is 10.0. The molecule has 1 unspecified atom stereocenters. The Morgan fingerprint density at radius 1 is 0.500 bits per heavy atom. The molecule has 0 aromatic rings. The van der Waals surface area contributed by atoms with E-state index in [0.717, 1.165) is 17.5 Å². The van der Waals surface area contributed by atoms with Crippen LogP contribution in [0.4, 0.5) is 0 Å². The Morgan fingerprint density at radius 2 is 0.882 bits per heavy atom. The monoisotopic (exact) mass is 497 g/mol. The highest BCUT2D eigenvalue weighted by atomic mass is 32.2. The molecule has 0 aliphatic carbocycles. The van der Waals surface area contributed by atoms with Gasteiger partial charge in [0.25, 0.3) is 0 Å². The van der Waals surface area contributed by atoms with Crippen molar-refractivity contribution in [3.63, 3.8) is 0 Å². The van der Waals surface area contributed by atoms with Crippen molar-refractivity contribution < 1.29 is 4.74 Å². The quantitative estimate of drug-likeness (QED) is 0.0809. The number of unbranched alkanes of at least 4 members (excludes halogenated alkanes) is 19. The average molecular weight is 498 g/mol. The molecular formula is C32H65OS+. The molecular weight excluding hydrogens is 432 g/mol. The third-order valence-corrected chi connectivity index (χ3v) is 10.4. The van der Waals surface area contributed by atoms with Crippen molar-refractivity contribution in [2.45, 2.75) is 180 Å². The van der Waals surface area contributed by atoms with E-state index in [2.05, 4.69) is 13.8 Å². The van der Waals surface area contributed by atoms with Crippen LogP contribution in [0, 0.1) is 0 Å². The van der Waals surface area contributed by atoms with Crippen LogP contribution < -0.4 is 0 Å². The maximum atomic E-state index is 5.73. The minimum Gasteiger partial charge on any atom is -0.378 e. The molecule has 1 fully saturated rings. The fourth-order valence-corrected chi connectivity index (χ4v) is 7.89. The van der Waals surface area contributed by atoms with Crippen molar-refractivity contribution in [2.24, 2.45) is 0 Å². The highest BCUT2D eigenvalue weighted by Gasteiger charge is 2.17. The van der Waals surface area contributed by atoms with Crippen molar-refractivity contribution >= 4 is 10.9 Å². The molecule has 1 heterocycles. The first kappa shape index (κ1) is 32.3. The van der Waals surface area contributed by atoms with Gasteiger partial charge in [-0.2, -0.15) is 0 Å². The topological polar surface area (TPSA) is 9.23 Å². The predicted octanol–water partition coefficient (Wildman–Crippen LogP) is 10.8. The van der Waals surface area contributed by atoms with Gasteiger partial charge in [0.15, 0.2) is 0 Å². The third kappa shape index (κ3) is 21.6. The van der Waals surface area contributed by atoms with E-state index in [1.807, 2.05) is 0 Å². The minimum absolute atomic E-state index is 0.608. The van der Waals surface area contributed by atoms with Gasteiger partial charge in [0.2, 0.25) is 0 Å². The van der Waals surface area contributed by atoms with Crippen molar-refractivity contribution in [3.05, 3.63) is 0 Å². The predicted molar refractivity (Wildman–Crippen MR) is 158 cm³/mol. The summed E-state index contributed by atoms with van der Waals surface area (Å²) in [6.45, 7) is 5.67. The van der Waals surface area contributed by atoms with E-state index >= 15 is 0 Å². The second-order valence-corrected chi connectivity index (χ2v) is 13.7. The summed E-state index contributed by atoms with van der Waals surface area (Å²) in [5, 5.41) is 0. The van der Waals surface area contributed by atoms with Gasteiger partial charge in [-0.15, -0.1) is 0 Å². The first-order valence-corrected chi connectivity index (χ1v) is 17.9. The van der Waals surface area contributed by atoms with Gasteiger partial charge in [0.05, 0.1) is 6.10 Å². The molecule has 0 aromatic heterocycles. The molecule has 0 spiro atoms. The summed E-state index contributed by atoms with van der Waals surface area (Å²) in [5.74, 6) is 4.65. The minimum atomic E-state index is 0.608. The van der Waals surface area contributed by atoms with Crippen LogP contribution in [0.3, 0.4) is 0 Å². The van der Waals surface area contributed by atoms with Crippen LogP contribution in [0.25, 0.3) is 0 Å². The summed E-state index contributed by atoms with van der Waals surface area (Å²) in [5.41, 5.74) is 0. The van der Waals surface area contributed by atoms with Crippen LogP contribution in [0.2, 0.25) is 0 Å². The number of hydrogen-bond acceptors (Lipinski definition) is 1. The smallest absolute Gasteiger partial charge is 0.108 e. The zero-order chi connectivity index (χ0) is 24.4. The van der Waals surface area contributed by atoms with Gasteiger partial charge in [-0.05, 0) is 68.7 Å². The van der Waals surface area contributed by atoms with Gasteiger partial charge in [0, 0.05) is 6.61 Å². The Hall–Kier alpha value is 0.310. The number of rotatable bonds is 27. The Labute approximate surface area is 219 Å². The van der Waals surface area contributed by atoms with Gasteiger partial charge in [-0.25, -0.2) is 0 Å². The maximum Gasteiger partial charge on any atom is 0.108 e. The molecule has 0 amide bonds. The highest BCUT2D eigenvalue weighted by Crippen LogP contribution is 2.19. The zero-order valence-electron chi connectivity index (χ0n) is 23.9. The second-order valence-electron chi connectivity index (χ2n) is 11.2. The standard InChI is InChI=1S/C32H65OS/c1-3-5-7-9-18-22-29-34(30-23-19-10-8-6-4-2)31-24-20-16-14-12-11-13-15-17-21-26-32-27-25-28-33-32/h32H,3-31H2,1-2H3/q+1. The van der Waals surface area contributed by atoms with E-state index < -0.39 is 0 Å². The van der Waals surface area contributed by atoms with Crippen LogP contribution >= 0.6 is 0 Å². The van der Waals surface area contributed by atoms with Crippen LogP contribution in [0.5, 0.6) is 0 Å². The molecule has 1 nitrogen and oxygen atoms in total. The Kier molecular flexibility index (Phi) is 25.1.